The van der Waals surface area contributed by atoms with Crippen LogP contribution in [0.1, 0.15) is 16.1 Å². The average molecular weight is 354 g/mol. The Labute approximate surface area is 147 Å². The lowest BCUT2D eigenvalue weighted by molar-refractivity contribution is -0.402. The molecule has 2 N–H and O–H groups in total. The summed E-state index contributed by atoms with van der Waals surface area (Å²) in [5, 5.41) is 11.3. The molecule has 2 heterocycles. The Kier molecular flexibility index (Phi) is 4.52. The van der Waals surface area contributed by atoms with Crippen LogP contribution < -0.4 is 10.9 Å². The standard InChI is InChI=1S/C17H14N4O5/c1-20-10-13(12-4-2-3-5-14(12)20)17(23)19-18-15(22)8-6-11-7-9-16(26-11)21(24)25/h2-10H,1H3,(H,18,22)(H,19,23)/b8-6+. The fourth-order valence-corrected chi connectivity index (χ4v) is 2.44. The number of hydrogen-bond acceptors (Lipinski definition) is 5. The third-order valence-electron chi connectivity index (χ3n) is 3.63. The van der Waals surface area contributed by atoms with Gasteiger partial charge in [-0.15, -0.1) is 0 Å². The predicted octanol–water partition coefficient (Wildman–Crippen LogP) is 2.15. The maximum absolute atomic E-state index is 12.3. The summed E-state index contributed by atoms with van der Waals surface area (Å²) in [4.78, 5) is 33.9. The number of rotatable bonds is 4. The van der Waals surface area contributed by atoms with E-state index in [1.165, 1.54) is 18.2 Å². The van der Waals surface area contributed by atoms with Crippen molar-refractivity contribution in [2.75, 3.05) is 0 Å². The Bertz CT molecular complexity index is 1030. The Morgan fingerprint density at radius 2 is 1.96 bits per heavy atom. The van der Waals surface area contributed by atoms with Gasteiger partial charge in [0.1, 0.15) is 10.7 Å². The summed E-state index contributed by atoms with van der Waals surface area (Å²) >= 11 is 0. The molecule has 0 unspecified atom stereocenters. The summed E-state index contributed by atoms with van der Waals surface area (Å²) < 4.78 is 6.70. The van der Waals surface area contributed by atoms with E-state index in [9.17, 15) is 19.7 Å². The third kappa shape index (κ3) is 3.46. The highest BCUT2D eigenvalue weighted by Crippen LogP contribution is 2.20. The summed E-state index contributed by atoms with van der Waals surface area (Å²) in [7, 11) is 1.82. The van der Waals surface area contributed by atoms with E-state index in [0.717, 1.165) is 17.0 Å². The van der Waals surface area contributed by atoms with Crippen molar-refractivity contribution in [1.82, 2.24) is 15.4 Å². The first-order valence-electron chi connectivity index (χ1n) is 7.52. The summed E-state index contributed by atoms with van der Waals surface area (Å²) in [6.45, 7) is 0. The van der Waals surface area contributed by atoms with E-state index in [1.807, 2.05) is 35.9 Å². The minimum Gasteiger partial charge on any atom is -0.401 e. The smallest absolute Gasteiger partial charge is 0.401 e. The van der Waals surface area contributed by atoms with E-state index >= 15 is 0 Å². The Hall–Kier alpha value is -3.88. The van der Waals surface area contributed by atoms with Gasteiger partial charge < -0.3 is 8.98 Å². The Morgan fingerprint density at radius 1 is 1.19 bits per heavy atom. The molecule has 0 aliphatic carbocycles. The molecule has 0 radical (unpaired) electrons. The van der Waals surface area contributed by atoms with Crippen LogP contribution in [-0.2, 0) is 11.8 Å². The molecular weight excluding hydrogens is 340 g/mol. The molecule has 1 aromatic carbocycles. The minimum atomic E-state index is -0.679. The van der Waals surface area contributed by atoms with Crippen molar-refractivity contribution in [2.45, 2.75) is 0 Å². The van der Waals surface area contributed by atoms with Crippen LogP contribution in [0.4, 0.5) is 5.88 Å². The number of hydrazine groups is 1. The van der Waals surface area contributed by atoms with Crippen LogP contribution in [0.3, 0.4) is 0 Å². The Morgan fingerprint density at radius 3 is 2.69 bits per heavy atom. The molecule has 26 heavy (non-hydrogen) atoms. The number of furan rings is 1. The molecule has 0 fully saturated rings. The highest BCUT2D eigenvalue weighted by molar-refractivity contribution is 6.07. The molecule has 0 saturated heterocycles. The normalized spacial score (nSPS) is 11.0. The lowest BCUT2D eigenvalue weighted by atomic mass is 10.2. The van der Waals surface area contributed by atoms with Crippen LogP contribution in [0, 0.1) is 10.1 Å². The first-order chi connectivity index (χ1) is 12.5. The van der Waals surface area contributed by atoms with Gasteiger partial charge in [-0.2, -0.15) is 0 Å². The summed E-state index contributed by atoms with van der Waals surface area (Å²) in [5.41, 5.74) is 5.88. The molecule has 0 aliphatic rings. The van der Waals surface area contributed by atoms with Crippen molar-refractivity contribution in [2.24, 2.45) is 7.05 Å². The van der Waals surface area contributed by atoms with E-state index in [0.29, 0.717) is 5.56 Å². The van der Waals surface area contributed by atoms with Crippen molar-refractivity contribution in [3.05, 3.63) is 70.1 Å². The monoisotopic (exact) mass is 354 g/mol. The Balaban J connectivity index is 1.62. The number of carbonyl (C=O) groups excluding carboxylic acids is 2. The maximum atomic E-state index is 12.3. The van der Waals surface area contributed by atoms with Gasteiger partial charge in [0.25, 0.3) is 11.8 Å². The SMILES string of the molecule is Cn1cc(C(=O)NNC(=O)/C=C/c2ccc([N+](=O)[O-])o2)c2ccccc21. The first kappa shape index (κ1) is 17.0. The molecule has 9 nitrogen and oxygen atoms in total. The topological polar surface area (TPSA) is 119 Å². The largest absolute Gasteiger partial charge is 0.433 e. The van der Waals surface area contributed by atoms with Gasteiger partial charge in [0, 0.05) is 30.2 Å². The van der Waals surface area contributed by atoms with Crippen molar-refractivity contribution in [3.8, 4) is 0 Å². The van der Waals surface area contributed by atoms with Gasteiger partial charge >= 0.3 is 5.88 Å². The maximum Gasteiger partial charge on any atom is 0.433 e. The average Bonchev–Trinajstić information content (AvgIpc) is 3.23. The van der Waals surface area contributed by atoms with Crippen molar-refractivity contribution < 1.29 is 18.9 Å². The number of hydrogen-bond donors (Lipinski definition) is 2. The first-order valence-corrected chi connectivity index (χ1v) is 7.52. The quantitative estimate of drug-likeness (QED) is 0.423. The van der Waals surface area contributed by atoms with Gasteiger partial charge in [-0.25, -0.2) is 0 Å². The van der Waals surface area contributed by atoms with Crippen LogP contribution in [-0.4, -0.2) is 21.3 Å². The lowest BCUT2D eigenvalue weighted by Crippen LogP contribution is -2.40. The van der Waals surface area contributed by atoms with Gasteiger partial charge in [-0.3, -0.25) is 30.6 Å². The number of fused-ring (bicyclic) bond motifs is 1. The highest BCUT2D eigenvalue weighted by atomic mass is 16.6. The van der Waals surface area contributed by atoms with E-state index in [1.54, 1.807) is 6.20 Å². The van der Waals surface area contributed by atoms with Crippen LogP contribution in [0.2, 0.25) is 0 Å². The predicted molar refractivity (Wildman–Crippen MR) is 92.9 cm³/mol. The molecule has 9 heteroatoms. The van der Waals surface area contributed by atoms with Crippen LogP contribution in [0.25, 0.3) is 17.0 Å². The molecule has 0 bridgehead atoms. The number of amides is 2. The van der Waals surface area contributed by atoms with Gasteiger partial charge in [-0.1, -0.05) is 18.2 Å². The molecule has 2 amide bonds. The molecule has 2 aromatic heterocycles. The molecular formula is C17H14N4O5. The number of nitrogens with one attached hydrogen (secondary N) is 2. The van der Waals surface area contributed by atoms with Gasteiger partial charge in [0.2, 0.25) is 0 Å². The molecule has 0 spiro atoms. The van der Waals surface area contributed by atoms with Gasteiger partial charge in [0.05, 0.1) is 11.6 Å². The second kappa shape index (κ2) is 6.93. The fourth-order valence-electron chi connectivity index (χ4n) is 2.44. The lowest BCUT2D eigenvalue weighted by Gasteiger charge is -2.04. The molecule has 132 valence electrons. The summed E-state index contributed by atoms with van der Waals surface area (Å²) in [6.07, 6.45) is 4.02. The van der Waals surface area contributed by atoms with Crippen molar-refractivity contribution >= 4 is 34.7 Å². The van der Waals surface area contributed by atoms with Crippen LogP contribution >= 0.6 is 0 Å². The zero-order chi connectivity index (χ0) is 18.7. The number of carbonyl (C=O) groups is 2. The minimum absolute atomic E-state index is 0.146. The number of aromatic nitrogens is 1. The molecule has 0 aliphatic heterocycles. The summed E-state index contributed by atoms with van der Waals surface area (Å²) in [6, 6.07) is 9.93. The van der Waals surface area contributed by atoms with Crippen molar-refractivity contribution in [3.63, 3.8) is 0 Å². The third-order valence-corrected chi connectivity index (χ3v) is 3.63. The van der Waals surface area contributed by atoms with Crippen LogP contribution in [0.15, 0.2) is 53.1 Å². The van der Waals surface area contributed by atoms with Gasteiger partial charge in [0.15, 0.2) is 0 Å². The zero-order valence-electron chi connectivity index (χ0n) is 13.6. The number of nitro groups is 1. The second-order valence-electron chi connectivity index (χ2n) is 5.38. The van der Waals surface area contributed by atoms with E-state index in [4.69, 9.17) is 4.42 Å². The van der Waals surface area contributed by atoms with E-state index < -0.39 is 22.6 Å². The second-order valence-corrected chi connectivity index (χ2v) is 5.38. The molecule has 3 rings (SSSR count). The zero-order valence-corrected chi connectivity index (χ0v) is 13.6. The number of aryl methyl sites for hydroxylation is 1. The summed E-state index contributed by atoms with van der Waals surface area (Å²) in [5.74, 6) is -1.35. The molecule has 0 saturated carbocycles. The number of para-hydroxylation sites is 1. The molecule has 0 atom stereocenters. The van der Waals surface area contributed by atoms with Crippen molar-refractivity contribution in [1.29, 1.82) is 0 Å². The number of benzene rings is 1. The fraction of sp³-hybridized carbons (Fsp3) is 0.0588. The van der Waals surface area contributed by atoms with Crippen LogP contribution in [0.5, 0.6) is 0 Å². The van der Waals surface area contributed by atoms with Gasteiger partial charge in [-0.05, 0) is 18.2 Å². The molecule has 3 aromatic rings. The van der Waals surface area contributed by atoms with E-state index in [2.05, 4.69) is 10.9 Å². The number of nitrogens with zero attached hydrogens (tertiary/aromatic N) is 2. The highest BCUT2D eigenvalue weighted by Gasteiger charge is 2.14. The van der Waals surface area contributed by atoms with E-state index in [-0.39, 0.29) is 5.76 Å².